The van der Waals surface area contributed by atoms with Crippen molar-refractivity contribution < 1.29 is 4.42 Å². The van der Waals surface area contributed by atoms with Gasteiger partial charge in [0.15, 0.2) is 0 Å². The first-order chi connectivity index (χ1) is 17.1. The fraction of sp³-hybridized carbons (Fsp3) is 0.0968. The Hall–Kier alpha value is -3.51. The van der Waals surface area contributed by atoms with E-state index in [-0.39, 0.29) is 5.41 Å². The van der Waals surface area contributed by atoms with E-state index < -0.39 is 0 Å². The number of aromatic nitrogens is 2. The van der Waals surface area contributed by atoms with Gasteiger partial charge in [0.05, 0.1) is 50.5 Å². The highest BCUT2D eigenvalue weighted by Gasteiger charge is 2.41. The molecule has 4 heterocycles. The lowest BCUT2D eigenvalue weighted by atomic mass is 9.81. The highest BCUT2D eigenvalue weighted by atomic mass is 127. The van der Waals surface area contributed by atoms with E-state index in [0.717, 1.165) is 11.3 Å². The van der Waals surface area contributed by atoms with Crippen LogP contribution < -0.4 is 0 Å². The van der Waals surface area contributed by atoms with Crippen LogP contribution in [0, 0.1) is 0 Å². The predicted octanol–water partition coefficient (Wildman–Crippen LogP) is 9.04. The second-order valence-corrected chi connectivity index (χ2v) is 11.3. The van der Waals surface area contributed by atoms with Crippen molar-refractivity contribution in [2.75, 3.05) is 0 Å². The Morgan fingerprint density at radius 1 is 0.714 bits per heavy atom. The zero-order chi connectivity index (χ0) is 23.2. The summed E-state index contributed by atoms with van der Waals surface area (Å²) in [6.07, 6.45) is 0. The number of fused-ring (bicyclic) bond motifs is 10. The van der Waals surface area contributed by atoms with Crippen molar-refractivity contribution in [2.45, 2.75) is 19.3 Å². The Morgan fingerprint density at radius 3 is 2.40 bits per heavy atom. The first kappa shape index (κ1) is 18.8. The monoisotopic (exact) mass is 562 g/mol. The van der Waals surface area contributed by atoms with E-state index in [0.29, 0.717) is 0 Å². The Bertz CT molecular complexity index is 2200. The van der Waals surface area contributed by atoms with Gasteiger partial charge in [0, 0.05) is 32.5 Å². The highest BCUT2D eigenvalue weighted by Crippen LogP contribution is 2.55. The molecule has 4 heteroatoms. The van der Waals surface area contributed by atoms with Crippen LogP contribution in [0.3, 0.4) is 0 Å². The fourth-order valence-corrected chi connectivity index (χ4v) is 7.79. The van der Waals surface area contributed by atoms with Gasteiger partial charge in [-0.2, -0.15) is 0 Å². The SMILES string of the molecule is CC1(C)c2ccccc2-c2c1c1ccc3c4c5c(cccc5n3I)c3c5ccccc5oc3n2c14. The Kier molecular flexibility index (Phi) is 3.12. The molecule has 4 aromatic heterocycles. The molecule has 0 radical (unpaired) electrons. The van der Waals surface area contributed by atoms with Crippen molar-refractivity contribution >= 4 is 83.0 Å². The number of benzene rings is 4. The zero-order valence-electron chi connectivity index (χ0n) is 19.2. The second-order valence-electron chi connectivity index (χ2n) is 10.3. The van der Waals surface area contributed by atoms with Gasteiger partial charge in [-0.05, 0) is 34.7 Å². The van der Waals surface area contributed by atoms with Crippen LogP contribution in [0.5, 0.6) is 0 Å². The standard InChI is InChI=1S/C31H19IN2O/c1-31(2)20-11-5-3-8-16(20)29-27(31)19-14-15-22-26-25-18(10-7-12-21(25)34(22)32)24-17-9-4-6-13-23(17)35-30(24)33(29)28(19)26/h3-15H,1-2H3. The summed E-state index contributed by atoms with van der Waals surface area (Å²) < 4.78 is 11.5. The van der Waals surface area contributed by atoms with Gasteiger partial charge in [-0.15, -0.1) is 0 Å². The number of hydrogen-bond acceptors (Lipinski definition) is 1. The van der Waals surface area contributed by atoms with Crippen LogP contribution in [0.25, 0.3) is 71.4 Å². The van der Waals surface area contributed by atoms with Crippen molar-refractivity contribution in [3.8, 4) is 11.3 Å². The van der Waals surface area contributed by atoms with E-state index in [1.54, 1.807) is 0 Å². The molecule has 0 aliphatic heterocycles. The third kappa shape index (κ3) is 1.92. The average Bonchev–Trinajstić information content (AvgIpc) is 3.54. The topological polar surface area (TPSA) is 22.5 Å². The van der Waals surface area contributed by atoms with E-state index >= 15 is 0 Å². The van der Waals surface area contributed by atoms with E-state index in [4.69, 9.17) is 4.42 Å². The summed E-state index contributed by atoms with van der Waals surface area (Å²) >= 11 is 2.46. The molecule has 0 atom stereocenters. The average molecular weight is 562 g/mol. The van der Waals surface area contributed by atoms with E-state index in [1.807, 2.05) is 0 Å². The minimum atomic E-state index is -0.0972. The van der Waals surface area contributed by atoms with Gasteiger partial charge in [-0.1, -0.05) is 74.5 Å². The lowest BCUT2D eigenvalue weighted by Crippen LogP contribution is -2.14. The molecule has 4 aromatic carbocycles. The summed E-state index contributed by atoms with van der Waals surface area (Å²) in [5.41, 5.74) is 10.9. The first-order valence-corrected chi connectivity index (χ1v) is 13.0. The van der Waals surface area contributed by atoms with Crippen molar-refractivity contribution in [2.24, 2.45) is 0 Å². The molecule has 8 aromatic rings. The number of rotatable bonds is 0. The van der Waals surface area contributed by atoms with Crippen molar-refractivity contribution in [1.29, 1.82) is 0 Å². The third-order valence-corrected chi connectivity index (χ3v) is 9.39. The van der Waals surface area contributed by atoms with Gasteiger partial charge in [0.1, 0.15) is 5.58 Å². The smallest absolute Gasteiger partial charge is 0.213 e. The van der Waals surface area contributed by atoms with Gasteiger partial charge in [-0.25, -0.2) is 0 Å². The van der Waals surface area contributed by atoms with Gasteiger partial charge in [0.2, 0.25) is 5.71 Å². The molecule has 0 bridgehead atoms. The molecule has 0 N–H and O–H groups in total. The Labute approximate surface area is 214 Å². The number of halogens is 1. The maximum absolute atomic E-state index is 6.77. The minimum absolute atomic E-state index is 0.0972. The molecule has 1 aliphatic rings. The van der Waals surface area contributed by atoms with Crippen LogP contribution in [0.2, 0.25) is 0 Å². The quantitative estimate of drug-likeness (QED) is 0.169. The number of para-hydroxylation sites is 1. The molecule has 0 saturated heterocycles. The van der Waals surface area contributed by atoms with E-state index in [2.05, 4.69) is 123 Å². The lowest BCUT2D eigenvalue weighted by molar-refractivity contribution is 0.648. The van der Waals surface area contributed by atoms with Crippen molar-refractivity contribution in [3.63, 3.8) is 0 Å². The molecule has 0 amide bonds. The molecule has 166 valence electrons. The molecule has 35 heavy (non-hydrogen) atoms. The maximum Gasteiger partial charge on any atom is 0.213 e. The van der Waals surface area contributed by atoms with Crippen LogP contribution in [-0.4, -0.2) is 7.18 Å². The highest BCUT2D eigenvalue weighted by molar-refractivity contribution is 14.1. The van der Waals surface area contributed by atoms with Crippen molar-refractivity contribution in [1.82, 2.24) is 7.18 Å². The summed E-state index contributed by atoms with van der Waals surface area (Å²) in [4.78, 5) is 0. The molecule has 1 aliphatic carbocycles. The third-order valence-electron chi connectivity index (χ3n) is 8.35. The van der Waals surface area contributed by atoms with Gasteiger partial charge >= 0.3 is 0 Å². The van der Waals surface area contributed by atoms with Gasteiger partial charge < -0.3 is 4.42 Å². The van der Waals surface area contributed by atoms with Crippen LogP contribution in [0.4, 0.5) is 0 Å². The first-order valence-electron chi connectivity index (χ1n) is 12.0. The summed E-state index contributed by atoms with van der Waals surface area (Å²) in [6.45, 7) is 4.73. The fourth-order valence-electron chi connectivity index (χ4n) is 6.99. The molecule has 0 saturated carbocycles. The minimum Gasteiger partial charge on any atom is -0.439 e. The molecule has 3 nitrogen and oxygen atoms in total. The molecule has 0 fully saturated rings. The van der Waals surface area contributed by atoms with E-state index in [9.17, 15) is 0 Å². The molecule has 0 unspecified atom stereocenters. The van der Waals surface area contributed by atoms with Crippen molar-refractivity contribution in [3.05, 3.63) is 90.0 Å². The van der Waals surface area contributed by atoms with Gasteiger partial charge in [-0.3, -0.25) is 7.18 Å². The summed E-state index contributed by atoms with van der Waals surface area (Å²) in [7, 11) is 0. The van der Waals surface area contributed by atoms with Gasteiger partial charge in [0.25, 0.3) is 0 Å². The Morgan fingerprint density at radius 2 is 1.49 bits per heavy atom. The molecule has 0 spiro atoms. The Balaban J connectivity index is 1.75. The van der Waals surface area contributed by atoms with Crippen LogP contribution in [0.1, 0.15) is 25.0 Å². The normalized spacial score (nSPS) is 14.9. The number of nitrogens with zero attached hydrogens (tertiary/aromatic N) is 2. The largest absolute Gasteiger partial charge is 0.439 e. The maximum atomic E-state index is 6.77. The molecule has 9 rings (SSSR count). The molecular weight excluding hydrogens is 543 g/mol. The van der Waals surface area contributed by atoms with E-state index in [1.165, 1.54) is 71.3 Å². The number of furan rings is 1. The summed E-state index contributed by atoms with van der Waals surface area (Å²) in [6, 6.07) is 28.7. The lowest BCUT2D eigenvalue weighted by Gasteiger charge is -2.21. The summed E-state index contributed by atoms with van der Waals surface area (Å²) in [5, 5.41) is 7.56. The summed E-state index contributed by atoms with van der Waals surface area (Å²) in [5.74, 6) is 0. The zero-order valence-corrected chi connectivity index (χ0v) is 21.3. The predicted molar refractivity (Wildman–Crippen MR) is 153 cm³/mol. The van der Waals surface area contributed by atoms with Crippen LogP contribution >= 0.6 is 22.9 Å². The van der Waals surface area contributed by atoms with Crippen LogP contribution in [0.15, 0.2) is 83.3 Å². The molecular formula is C31H19IN2O. The van der Waals surface area contributed by atoms with Crippen LogP contribution in [-0.2, 0) is 5.41 Å². The second kappa shape index (κ2) is 5.82. The number of hydrogen-bond donors (Lipinski definition) is 0.